The number of piperidine rings is 1. The van der Waals surface area contributed by atoms with Crippen molar-refractivity contribution >= 4 is 5.96 Å². The molecule has 0 aliphatic carbocycles. The average Bonchev–Trinajstić information content (AvgIpc) is 2.58. The zero-order valence-corrected chi connectivity index (χ0v) is 14.7. The lowest BCUT2D eigenvalue weighted by molar-refractivity contribution is 0.206. The lowest BCUT2D eigenvalue weighted by atomic mass is 10.1. The first-order chi connectivity index (χ1) is 11.3. The van der Waals surface area contributed by atoms with Crippen molar-refractivity contribution in [2.24, 2.45) is 4.99 Å². The molecule has 4 heteroatoms. The first-order valence-electron chi connectivity index (χ1n) is 9.13. The summed E-state index contributed by atoms with van der Waals surface area (Å²) in [7, 11) is 0. The van der Waals surface area contributed by atoms with Gasteiger partial charge in [0.1, 0.15) is 0 Å². The van der Waals surface area contributed by atoms with Crippen LogP contribution in [0, 0.1) is 0 Å². The molecule has 0 bridgehead atoms. The Morgan fingerprint density at radius 2 is 1.91 bits per heavy atom. The van der Waals surface area contributed by atoms with Gasteiger partial charge in [-0.1, -0.05) is 37.3 Å². The molecule has 1 fully saturated rings. The fraction of sp³-hybridized carbons (Fsp3) is 0.632. The minimum absolute atomic E-state index is 0.553. The van der Waals surface area contributed by atoms with Gasteiger partial charge in [-0.2, -0.15) is 0 Å². The number of aliphatic imine (C=N–C) groups is 1. The molecule has 0 unspecified atom stereocenters. The molecule has 128 valence electrons. The Labute approximate surface area is 141 Å². The maximum atomic E-state index is 4.74. The first-order valence-corrected chi connectivity index (χ1v) is 9.13. The summed E-state index contributed by atoms with van der Waals surface area (Å²) in [6, 6.07) is 11.1. The number of benzene rings is 1. The van der Waals surface area contributed by atoms with Crippen molar-refractivity contribution < 1.29 is 0 Å². The van der Waals surface area contributed by atoms with Gasteiger partial charge < -0.3 is 15.5 Å². The molecule has 0 atom stereocenters. The van der Waals surface area contributed by atoms with Crippen LogP contribution in [0.1, 0.15) is 38.7 Å². The number of likely N-dealkylation sites (tertiary alicyclic amines) is 1. The van der Waals surface area contributed by atoms with Crippen LogP contribution < -0.4 is 10.6 Å². The van der Waals surface area contributed by atoms with E-state index >= 15 is 0 Å². The highest BCUT2D eigenvalue weighted by Crippen LogP contribution is 2.10. The monoisotopic (exact) mass is 316 g/mol. The maximum Gasteiger partial charge on any atom is 0.191 e. The highest BCUT2D eigenvalue weighted by molar-refractivity contribution is 5.80. The summed E-state index contributed by atoms with van der Waals surface area (Å²) in [5.74, 6) is 0.970. The van der Waals surface area contributed by atoms with Gasteiger partial charge in [0.25, 0.3) is 0 Å². The van der Waals surface area contributed by atoms with Crippen molar-refractivity contribution in [3.8, 4) is 0 Å². The summed E-state index contributed by atoms with van der Waals surface area (Å²) in [5.41, 5.74) is 1.35. The van der Waals surface area contributed by atoms with Gasteiger partial charge >= 0.3 is 0 Å². The molecule has 1 aromatic rings. The molecule has 0 saturated carbocycles. The molecule has 23 heavy (non-hydrogen) atoms. The third-order valence-electron chi connectivity index (χ3n) is 4.33. The van der Waals surface area contributed by atoms with E-state index in [0.717, 1.165) is 25.5 Å². The zero-order chi connectivity index (χ0) is 16.3. The van der Waals surface area contributed by atoms with Crippen LogP contribution in [-0.4, -0.2) is 49.6 Å². The van der Waals surface area contributed by atoms with Gasteiger partial charge in [-0.25, -0.2) is 0 Å². The Kier molecular flexibility index (Phi) is 7.95. The number of hydrogen-bond acceptors (Lipinski definition) is 2. The van der Waals surface area contributed by atoms with Crippen LogP contribution in [0.15, 0.2) is 35.3 Å². The highest BCUT2D eigenvalue weighted by Gasteiger charge is 2.19. The van der Waals surface area contributed by atoms with E-state index in [4.69, 9.17) is 4.99 Å². The van der Waals surface area contributed by atoms with Gasteiger partial charge in [0.2, 0.25) is 0 Å². The van der Waals surface area contributed by atoms with E-state index in [1.165, 1.54) is 44.5 Å². The Morgan fingerprint density at radius 1 is 1.17 bits per heavy atom. The molecular weight excluding hydrogens is 284 g/mol. The molecule has 1 heterocycles. The van der Waals surface area contributed by atoms with E-state index in [1.54, 1.807) is 0 Å². The highest BCUT2D eigenvalue weighted by atomic mass is 15.2. The van der Waals surface area contributed by atoms with E-state index in [-0.39, 0.29) is 0 Å². The van der Waals surface area contributed by atoms with Gasteiger partial charge in [-0.15, -0.1) is 0 Å². The predicted octanol–water partition coefficient (Wildman–Crippen LogP) is 2.66. The van der Waals surface area contributed by atoms with Crippen molar-refractivity contribution in [3.05, 3.63) is 35.9 Å². The van der Waals surface area contributed by atoms with E-state index in [9.17, 15) is 0 Å². The van der Waals surface area contributed by atoms with E-state index < -0.39 is 0 Å². The topological polar surface area (TPSA) is 39.7 Å². The lowest BCUT2D eigenvalue weighted by Gasteiger charge is -2.32. The van der Waals surface area contributed by atoms with Crippen molar-refractivity contribution in [2.75, 3.05) is 32.7 Å². The zero-order valence-electron chi connectivity index (χ0n) is 14.7. The molecular formula is C19H32N4. The number of nitrogens with one attached hydrogen (secondary N) is 2. The quantitative estimate of drug-likeness (QED) is 0.600. The normalized spacial score (nSPS) is 17.2. The van der Waals surface area contributed by atoms with E-state index in [1.807, 2.05) is 0 Å². The molecule has 1 saturated heterocycles. The Hall–Kier alpha value is -1.55. The molecule has 0 radical (unpaired) electrons. The largest absolute Gasteiger partial charge is 0.357 e. The molecule has 0 aromatic heterocycles. The second-order valence-corrected chi connectivity index (χ2v) is 6.26. The summed E-state index contributed by atoms with van der Waals surface area (Å²) < 4.78 is 0. The summed E-state index contributed by atoms with van der Waals surface area (Å²) in [4.78, 5) is 7.31. The van der Waals surface area contributed by atoms with Gasteiger partial charge in [0.15, 0.2) is 5.96 Å². The molecule has 1 aliphatic rings. The Balaban J connectivity index is 1.78. The Bertz CT molecular complexity index is 450. The second-order valence-electron chi connectivity index (χ2n) is 6.26. The van der Waals surface area contributed by atoms with Crippen molar-refractivity contribution in [3.63, 3.8) is 0 Å². The number of nitrogens with zero attached hydrogens (tertiary/aromatic N) is 2. The number of guanidine groups is 1. The maximum absolute atomic E-state index is 4.74. The molecule has 2 rings (SSSR count). The van der Waals surface area contributed by atoms with Crippen LogP contribution in [0.25, 0.3) is 0 Å². The first kappa shape index (κ1) is 17.8. The van der Waals surface area contributed by atoms with Gasteiger partial charge in [0, 0.05) is 32.2 Å². The fourth-order valence-corrected chi connectivity index (χ4v) is 3.07. The molecule has 0 amide bonds. The van der Waals surface area contributed by atoms with Crippen molar-refractivity contribution in [2.45, 2.75) is 45.6 Å². The summed E-state index contributed by atoms with van der Waals surface area (Å²) in [6.45, 7) is 9.76. The van der Waals surface area contributed by atoms with Crippen LogP contribution in [0.5, 0.6) is 0 Å². The Morgan fingerprint density at radius 3 is 2.57 bits per heavy atom. The number of hydrogen-bond donors (Lipinski definition) is 2. The molecule has 1 aromatic carbocycles. The lowest BCUT2D eigenvalue weighted by Crippen LogP contribution is -2.48. The standard InChI is InChI=1S/C19H32N4/c1-3-14-23-15-11-18(12-16-23)22-19(20-4-2)21-13-10-17-8-6-5-7-9-17/h5-9,18H,3-4,10-16H2,1-2H3,(H2,20,21,22). The molecule has 1 aliphatic heterocycles. The van der Waals surface area contributed by atoms with E-state index in [0.29, 0.717) is 6.04 Å². The number of rotatable bonds is 7. The van der Waals surface area contributed by atoms with Gasteiger partial charge in [-0.05, 0) is 44.7 Å². The summed E-state index contributed by atoms with van der Waals surface area (Å²) in [5, 5.41) is 7.00. The van der Waals surface area contributed by atoms with Crippen LogP contribution in [0.3, 0.4) is 0 Å². The third kappa shape index (κ3) is 6.61. The predicted molar refractivity (Wildman–Crippen MR) is 99.0 cm³/mol. The van der Waals surface area contributed by atoms with E-state index in [2.05, 4.69) is 59.7 Å². The minimum Gasteiger partial charge on any atom is -0.357 e. The summed E-state index contributed by atoms with van der Waals surface area (Å²) >= 11 is 0. The smallest absolute Gasteiger partial charge is 0.191 e. The fourth-order valence-electron chi connectivity index (χ4n) is 3.07. The van der Waals surface area contributed by atoms with Crippen LogP contribution in [0.2, 0.25) is 0 Å². The minimum atomic E-state index is 0.553. The van der Waals surface area contributed by atoms with Crippen molar-refractivity contribution in [1.82, 2.24) is 15.5 Å². The van der Waals surface area contributed by atoms with Gasteiger partial charge in [0.05, 0.1) is 0 Å². The van der Waals surface area contributed by atoms with Gasteiger partial charge in [-0.3, -0.25) is 4.99 Å². The average molecular weight is 316 g/mol. The SMILES string of the molecule is CCCN1CCC(NC(=NCCc2ccccc2)NCC)CC1. The summed E-state index contributed by atoms with van der Waals surface area (Å²) in [6.07, 6.45) is 4.67. The second kappa shape index (κ2) is 10.3. The van der Waals surface area contributed by atoms with Crippen LogP contribution >= 0.6 is 0 Å². The molecule has 4 nitrogen and oxygen atoms in total. The molecule has 2 N–H and O–H groups in total. The van der Waals surface area contributed by atoms with Crippen molar-refractivity contribution in [1.29, 1.82) is 0 Å². The van der Waals surface area contributed by atoms with Crippen LogP contribution in [-0.2, 0) is 6.42 Å². The van der Waals surface area contributed by atoms with Crippen LogP contribution in [0.4, 0.5) is 0 Å². The third-order valence-corrected chi connectivity index (χ3v) is 4.33. The molecule has 0 spiro atoms.